The Morgan fingerprint density at radius 3 is 2.60 bits per heavy atom. The number of hydrogen-bond acceptors (Lipinski definition) is 2. The first kappa shape index (κ1) is 17.5. The standard InChI is InChI=1S/C20H22F2N2O/c1-13-2-4-14(5-3-13)12-24-20(25)16-8-9-23-19(11-16)15-6-7-17(21)18(22)10-15/h6-11,13-14H,2-5,12H2,1H3,(H,24,25). The third kappa shape index (κ3) is 4.41. The topological polar surface area (TPSA) is 42.0 Å². The monoisotopic (exact) mass is 344 g/mol. The molecule has 1 N–H and O–H groups in total. The van der Waals surface area contributed by atoms with Crippen molar-refractivity contribution in [2.24, 2.45) is 11.8 Å². The van der Waals surface area contributed by atoms with Crippen LogP contribution in [0.1, 0.15) is 43.0 Å². The molecule has 1 aromatic heterocycles. The van der Waals surface area contributed by atoms with Gasteiger partial charge in [-0.1, -0.05) is 19.8 Å². The summed E-state index contributed by atoms with van der Waals surface area (Å²) in [4.78, 5) is 16.5. The maximum absolute atomic E-state index is 13.4. The first-order chi connectivity index (χ1) is 12.0. The third-order valence-electron chi connectivity index (χ3n) is 4.92. The number of carbonyl (C=O) groups excluding carboxylic acids is 1. The van der Waals surface area contributed by atoms with E-state index in [2.05, 4.69) is 17.2 Å². The van der Waals surface area contributed by atoms with Crippen LogP contribution in [0.4, 0.5) is 8.78 Å². The Labute approximate surface area is 146 Å². The first-order valence-electron chi connectivity index (χ1n) is 8.72. The van der Waals surface area contributed by atoms with E-state index < -0.39 is 11.6 Å². The van der Waals surface area contributed by atoms with Crippen molar-refractivity contribution in [2.45, 2.75) is 32.6 Å². The number of benzene rings is 1. The molecule has 0 unspecified atom stereocenters. The van der Waals surface area contributed by atoms with Gasteiger partial charge in [-0.3, -0.25) is 9.78 Å². The van der Waals surface area contributed by atoms with Crippen molar-refractivity contribution in [1.29, 1.82) is 0 Å². The van der Waals surface area contributed by atoms with Crippen LogP contribution in [0, 0.1) is 23.5 Å². The van der Waals surface area contributed by atoms with Crippen LogP contribution >= 0.6 is 0 Å². The summed E-state index contributed by atoms with van der Waals surface area (Å²) >= 11 is 0. The van der Waals surface area contributed by atoms with Gasteiger partial charge in [0.05, 0.1) is 5.69 Å². The van der Waals surface area contributed by atoms with Crippen molar-refractivity contribution in [3.8, 4) is 11.3 Å². The van der Waals surface area contributed by atoms with Crippen molar-refractivity contribution in [1.82, 2.24) is 10.3 Å². The van der Waals surface area contributed by atoms with E-state index in [1.54, 1.807) is 12.1 Å². The van der Waals surface area contributed by atoms with Crippen LogP contribution in [0.25, 0.3) is 11.3 Å². The lowest BCUT2D eigenvalue weighted by molar-refractivity contribution is 0.0942. The summed E-state index contributed by atoms with van der Waals surface area (Å²) in [6.45, 7) is 2.94. The van der Waals surface area contributed by atoms with E-state index in [0.29, 0.717) is 29.3 Å². The number of amides is 1. The van der Waals surface area contributed by atoms with Gasteiger partial charge in [-0.2, -0.15) is 0 Å². The van der Waals surface area contributed by atoms with Crippen LogP contribution in [-0.2, 0) is 0 Å². The highest BCUT2D eigenvalue weighted by Crippen LogP contribution is 2.27. The molecule has 3 rings (SSSR count). The molecule has 0 spiro atoms. The van der Waals surface area contributed by atoms with Gasteiger partial charge in [0.1, 0.15) is 0 Å². The Kier molecular flexibility index (Phi) is 5.41. The number of aromatic nitrogens is 1. The largest absolute Gasteiger partial charge is 0.352 e. The van der Waals surface area contributed by atoms with Gasteiger partial charge in [0.15, 0.2) is 11.6 Å². The molecule has 2 aromatic rings. The predicted octanol–water partition coefficient (Wildman–Crippen LogP) is 4.58. The zero-order valence-electron chi connectivity index (χ0n) is 14.3. The molecule has 132 valence electrons. The minimum Gasteiger partial charge on any atom is -0.352 e. The zero-order chi connectivity index (χ0) is 17.8. The molecular formula is C20H22F2N2O. The third-order valence-corrected chi connectivity index (χ3v) is 4.92. The Balaban J connectivity index is 1.66. The van der Waals surface area contributed by atoms with E-state index >= 15 is 0 Å². The lowest BCUT2D eigenvalue weighted by Gasteiger charge is -2.26. The lowest BCUT2D eigenvalue weighted by atomic mass is 9.83. The number of pyridine rings is 1. The molecule has 25 heavy (non-hydrogen) atoms. The Morgan fingerprint density at radius 2 is 1.88 bits per heavy atom. The summed E-state index contributed by atoms with van der Waals surface area (Å²) in [5.41, 5.74) is 1.35. The molecule has 1 fully saturated rings. The summed E-state index contributed by atoms with van der Waals surface area (Å²) in [6.07, 6.45) is 6.25. The van der Waals surface area contributed by atoms with Crippen molar-refractivity contribution in [3.63, 3.8) is 0 Å². The Morgan fingerprint density at radius 1 is 1.12 bits per heavy atom. The van der Waals surface area contributed by atoms with Crippen molar-refractivity contribution in [2.75, 3.05) is 6.54 Å². The van der Waals surface area contributed by atoms with Crippen LogP contribution < -0.4 is 5.32 Å². The molecule has 1 aromatic carbocycles. The van der Waals surface area contributed by atoms with Gasteiger partial charge in [0, 0.05) is 23.9 Å². The van der Waals surface area contributed by atoms with Gasteiger partial charge in [0.2, 0.25) is 0 Å². The minimum absolute atomic E-state index is 0.162. The maximum Gasteiger partial charge on any atom is 0.251 e. The molecule has 0 atom stereocenters. The van der Waals surface area contributed by atoms with Crippen molar-refractivity contribution >= 4 is 5.91 Å². The highest BCUT2D eigenvalue weighted by atomic mass is 19.2. The average Bonchev–Trinajstić information content (AvgIpc) is 2.63. The number of nitrogens with one attached hydrogen (secondary N) is 1. The van der Waals surface area contributed by atoms with Crippen LogP contribution in [-0.4, -0.2) is 17.4 Å². The first-order valence-corrected chi connectivity index (χ1v) is 8.72. The van der Waals surface area contributed by atoms with Gasteiger partial charge in [-0.05, 0) is 55.0 Å². The molecule has 0 saturated heterocycles. The molecule has 1 saturated carbocycles. The number of rotatable bonds is 4. The Hall–Kier alpha value is -2.30. The van der Waals surface area contributed by atoms with Gasteiger partial charge in [-0.15, -0.1) is 0 Å². The van der Waals surface area contributed by atoms with Crippen molar-refractivity contribution in [3.05, 3.63) is 53.7 Å². The number of halogens is 2. The quantitative estimate of drug-likeness (QED) is 0.882. The van der Waals surface area contributed by atoms with Crippen LogP contribution in [0.5, 0.6) is 0 Å². The molecule has 0 bridgehead atoms. The fraction of sp³-hybridized carbons (Fsp3) is 0.400. The van der Waals surface area contributed by atoms with Crippen LogP contribution in [0.3, 0.4) is 0 Å². The van der Waals surface area contributed by atoms with Crippen LogP contribution in [0.2, 0.25) is 0 Å². The molecule has 1 amide bonds. The van der Waals surface area contributed by atoms with E-state index in [0.717, 1.165) is 30.9 Å². The summed E-state index contributed by atoms with van der Waals surface area (Å²) in [5, 5.41) is 2.98. The fourth-order valence-electron chi connectivity index (χ4n) is 3.26. The van der Waals surface area contributed by atoms with Gasteiger partial charge in [0.25, 0.3) is 5.91 Å². The van der Waals surface area contributed by atoms with E-state index in [9.17, 15) is 13.6 Å². The smallest absolute Gasteiger partial charge is 0.251 e. The zero-order valence-corrected chi connectivity index (χ0v) is 14.3. The molecule has 1 heterocycles. The van der Waals surface area contributed by atoms with E-state index in [4.69, 9.17) is 0 Å². The van der Waals surface area contributed by atoms with Gasteiger partial charge in [-0.25, -0.2) is 8.78 Å². The second-order valence-corrected chi connectivity index (χ2v) is 6.89. The lowest BCUT2D eigenvalue weighted by Crippen LogP contribution is -2.31. The van der Waals surface area contributed by atoms with E-state index in [-0.39, 0.29) is 5.91 Å². The molecule has 1 aliphatic carbocycles. The summed E-state index contributed by atoms with van der Waals surface area (Å²) in [6, 6.07) is 6.82. The minimum atomic E-state index is -0.930. The van der Waals surface area contributed by atoms with Gasteiger partial charge >= 0.3 is 0 Å². The summed E-state index contributed by atoms with van der Waals surface area (Å²) in [5.74, 6) is -0.677. The highest BCUT2D eigenvalue weighted by molar-refractivity contribution is 5.95. The highest BCUT2D eigenvalue weighted by Gasteiger charge is 2.19. The Bertz CT molecular complexity index is 755. The molecule has 5 heteroatoms. The normalized spacial score (nSPS) is 20.3. The molecule has 0 radical (unpaired) electrons. The fourth-order valence-corrected chi connectivity index (χ4v) is 3.26. The number of hydrogen-bond donors (Lipinski definition) is 1. The summed E-state index contributed by atoms with van der Waals surface area (Å²) in [7, 11) is 0. The van der Waals surface area contributed by atoms with E-state index in [1.807, 2.05) is 0 Å². The summed E-state index contributed by atoms with van der Waals surface area (Å²) < 4.78 is 26.5. The van der Waals surface area contributed by atoms with Crippen LogP contribution in [0.15, 0.2) is 36.5 Å². The average molecular weight is 344 g/mol. The number of nitrogens with zero attached hydrogens (tertiary/aromatic N) is 1. The van der Waals surface area contributed by atoms with Crippen molar-refractivity contribution < 1.29 is 13.6 Å². The molecule has 0 aliphatic heterocycles. The second kappa shape index (κ2) is 7.72. The maximum atomic E-state index is 13.4. The molecular weight excluding hydrogens is 322 g/mol. The van der Waals surface area contributed by atoms with Gasteiger partial charge < -0.3 is 5.32 Å². The predicted molar refractivity (Wildman–Crippen MR) is 93.0 cm³/mol. The SMILES string of the molecule is CC1CCC(CNC(=O)c2ccnc(-c3ccc(F)c(F)c3)c2)CC1. The van der Waals surface area contributed by atoms with E-state index in [1.165, 1.54) is 25.1 Å². The second-order valence-electron chi connectivity index (χ2n) is 6.89. The molecule has 1 aliphatic rings. The molecule has 3 nitrogen and oxygen atoms in total. The number of carbonyl (C=O) groups is 1.